The number of likely N-dealkylation sites (tertiary alicyclic amines) is 1. The van der Waals surface area contributed by atoms with Crippen LogP contribution < -0.4 is 5.32 Å². The monoisotopic (exact) mass is 491 g/mol. The van der Waals surface area contributed by atoms with E-state index in [4.69, 9.17) is 4.74 Å². The number of hydrogen-bond acceptors (Lipinski definition) is 5. The summed E-state index contributed by atoms with van der Waals surface area (Å²) in [5, 5.41) is 2.98. The van der Waals surface area contributed by atoms with Crippen molar-refractivity contribution < 1.29 is 35.9 Å². The van der Waals surface area contributed by atoms with Crippen LogP contribution in [0.25, 0.3) is 0 Å². The van der Waals surface area contributed by atoms with Crippen LogP contribution in [-0.2, 0) is 25.7 Å². The molecule has 2 aliphatic heterocycles. The minimum absolute atomic E-state index is 0.0535. The fourth-order valence-electron chi connectivity index (χ4n) is 4.08. The summed E-state index contributed by atoms with van der Waals surface area (Å²) in [6, 6.07) is 3.61. The summed E-state index contributed by atoms with van der Waals surface area (Å²) < 4.78 is 70.6. The molecular formula is C21H28F3N3O5S. The van der Waals surface area contributed by atoms with Crippen molar-refractivity contribution in [3.63, 3.8) is 0 Å². The predicted molar refractivity (Wildman–Crippen MR) is 113 cm³/mol. The fourth-order valence-corrected chi connectivity index (χ4v) is 5.60. The number of amides is 2. The Bertz CT molecular complexity index is 954. The number of nitrogens with zero attached hydrogens (tertiary/aromatic N) is 2. The average molecular weight is 492 g/mol. The molecule has 2 heterocycles. The number of alkyl halides is 3. The zero-order chi connectivity index (χ0) is 24.2. The van der Waals surface area contributed by atoms with Crippen LogP contribution in [0.5, 0.6) is 0 Å². The molecular weight excluding hydrogens is 463 g/mol. The van der Waals surface area contributed by atoms with Crippen LogP contribution in [0.15, 0.2) is 29.2 Å². The van der Waals surface area contributed by atoms with Crippen LogP contribution in [0.4, 0.5) is 18.0 Å². The largest absolute Gasteiger partial charge is 0.450 e. The molecule has 8 nitrogen and oxygen atoms in total. The van der Waals surface area contributed by atoms with E-state index in [2.05, 4.69) is 5.32 Å². The molecule has 0 aliphatic carbocycles. The van der Waals surface area contributed by atoms with Gasteiger partial charge in [-0.25, -0.2) is 13.2 Å². The molecule has 0 unspecified atom stereocenters. The minimum Gasteiger partial charge on any atom is -0.450 e. The lowest BCUT2D eigenvalue weighted by Crippen LogP contribution is -2.49. The van der Waals surface area contributed by atoms with Gasteiger partial charge in [-0.1, -0.05) is 6.07 Å². The molecule has 33 heavy (non-hydrogen) atoms. The summed E-state index contributed by atoms with van der Waals surface area (Å²) in [6.45, 7) is 3.11. The minimum atomic E-state index is -4.64. The van der Waals surface area contributed by atoms with Crippen molar-refractivity contribution in [1.82, 2.24) is 14.5 Å². The second-order valence-electron chi connectivity index (χ2n) is 8.17. The van der Waals surface area contributed by atoms with Gasteiger partial charge in [-0.05, 0) is 50.8 Å². The van der Waals surface area contributed by atoms with Crippen molar-refractivity contribution in [2.75, 3.05) is 32.8 Å². The highest BCUT2D eigenvalue weighted by molar-refractivity contribution is 7.89. The third-order valence-electron chi connectivity index (χ3n) is 5.99. The summed E-state index contributed by atoms with van der Waals surface area (Å²) in [6.07, 6.45) is -3.22. The van der Waals surface area contributed by atoms with E-state index in [1.807, 2.05) is 0 Å². The predicted octanol–water partition coefficient (Wildman–Crippen LogP) is 2.84. The number of carbonyl (C=O) groups excluding carboxylic acids is 2. The zero-order valence-electron chi connectivity index (χ0n) is 18.3. The second kappa shape index (κ2) is 10.3. The molecule has 0 atom stereocenters. The number of sulfonamides is 1. The summed E-state index contributed by atoms with van der Waals surface area (Å²) in [5.74, 6) is -0.540. The van der Waals surface area contributed by atoms with Crippen molar-refractivity contribution in [3.8, 4) is 0 Å². The first-order valence-corrected chi connectivity index (χ1v) is 12.4. The van der Waals surface area contributed by atoms with Gasteiger partial charge in [0.05, 0.1) is 17.1 Å². The quantitative estimate of drug-likeness (QED) is 0.684. The van der Waals surface area contributed by atoms with Crippen LogP contribution in [0.1, 0.15) is 38.2 Å². The number of carbonyl (C=O) groups is 2. The van der Waals surface area contributed by atoms with Gasteiger partial charge < -0.3 is 15.0 Å². The standard InChI is InChI=1S/C21H28F3N3O5S/c1-2-32-20(29)26-10-8-17(9-11-26)25-19(28)15-6-12-27(13-7-15)33(30,31)18-5-3-4-16(14-18)21(22,23)24/h3-5,14-15,17H,2,6-13H2,1H3,(H,25,28). The second-order valence-corrected chi connectivity index (χ2v) is 10.1. The molecule has 0 bridgehead atoms. The van der Waals surface area contributed by atoms with E-state index in [1.54, 1.807) is 11.8 Å². The van der Waals surface area contributed by atoms with E-state index in [1.165, 1.54) is 0 Å². The maximum atomic E-state index is 12.9. The molecule has 2 amide bonds. The number of nitrogens with one attached hydrogen (secondary N) is 1. The van der Waals surface area contributed by atoms with Crippen molar-refractivity contribution in [3.05, 3.63) is 29.8 Å². The van der Waals surface area contributed by atoms with Crippen LogP contribution >= 0.6 is 0 Å². The third kappa shape index (κ3) is 6.17. The number of benzene rings is 1. The first kappa shape index (κ1) is 25.3. The Morgan fingerprint density at radius 3 is 2.30 bits per heavy atom. The summed E-state index contributed by atoms with van der Waals surface area (Å²) in [4.78, 5) is 25.6. The van der Waals surface area contributed by atoms with Gasteiger partial charge in [-0.3, -0.25) is 4.79 Å². The van der Waals surface area contributed by atoms with Crippen LogP contribution in [-0.4, -0.2) is 68.5 Å². The van der Waals surface area contributed by atoms with Gasteiger partial charge in [0.15, 0.2) is 0 Å². The highest BCUT2D eigenvalue weighted by atomic mass is 32.2. The molecule has 184 valence electrons. The van der Waals surface area contributed by atoms with E-state index >= 15 is 0 Å². The van der Waals surface area contributed by atoms with Crippen molar-refractivity contribution in [2.45, 2.75) is 49.7 Å². The summed E-state index contributed by atoms with van der Waals surface area (Å²) in [7, 11) is -4.09. The molecule has 0 spiro atoms. The topological polar surface area (TPSA) is 96.0 Å². The molecule has 1 aromatic rings. The SMILES string of the molecule is CCOC(=O)N1CCC(NC(=O)C2CCN(S(=O)(=O)c3cccc(C(F)(F)F)c3)CC2)CC1. The Hall–Kier alpha value is -2.34. The lowest BCUT2D eigenvalue weighted by molar-refractivity contribution is -0.137. The molecule has 2 aliphatic rings. The van der Waals surface area contributed by atoms with Gasteiger partial charge in [-0.2, -0.15) is 17.5 Å². The Morgan fingerprint density at radius 2 is 1.73 bits per heavy atom. The number of piperidine rings is 2. The van der Waals surface area contributed by atoms with E-state index in [9.17, 15) is 31.2 Å². The van der Waals surface area contributed by atoms with E-state index in [-0.39, 0.29) is 49.9 Å². The van der Waals surface area contributed by atoms with Gasteiger partial charge >= 0.3 is 12.3 Å². The summed E-state index contributed by atoms with van der Waals surface area (Å²) >= 11 is 0. The smallest absolute Gasteiger partial charge is 0.416 e. The normalized spacial score (nSPS) is 19.3. The Labute approximate surface area is 191 Å². The Kier molecular flexibility index (Phi) is 7.88. The van der Waals surface area contributed by atoms with Gasteiger partial charge in [0.25, 0.3) is 0 Å². The van der Waals surface area contributed by atoms with E-state index < -0.39 is 26.7 Å². The highest BCUT2D eigenvalue weighted by Gasteiger charge is 2.36. The van der Waals surface area contributed by atoms with Crippen LogP contribution in [0, 0.1) is 5.92 Å². The first-order valence-electron chi connectivity index (χ1n) is 10.9. The molecule has 3 rings (SSSR count). The molecule has 2 fully saturated rings. The Balaban J connectivity index is 1.51. The molecule has 0 saturated carbocycles. The van der Waals surface area contributed by atoms with Gasteiger partial charge in [0.1, 0.15) is 0 Å². The highest BCUT2D eigenvalue weighted by Crippen LogP contribution is 2.32. The van der Waals surface area contributed by atoms with Crippen LogP contribution in [0.2, 0.25) is 0 Å². The van der Waals surface area contributed by atoms with E-state index in [0.717, 1.165) is 22.5 Å². The molecule has 2 saturated heterocycles. The van der Waals surface area contributed by atoms with Crippen molar-refractivity contribution in [1.29, 1.82) is 0 Å². The lowest BCUT2D eigenvalue weighted by atomic mass is 9.96. The number of halogens is 3. The summed E-state index contributed by atoms with van der Waals surface area (Å²) in [5.41, 5.74) is -1.02. The van der Waals surface area contributed by atoms with E-state index in [0.29, 0.717) is 38.6 Å². The molecule has 0 radical (unpaired) electrons. The average Bonchev–Trinajstić information content (AvgIpc) is 2.79. The first-order chi connectivity index (χ1) is 15.5. The molecule has 0 aromatic heterocycles. The van der Waals surface area contributed by atoms with Gasteiger partial charge in [-0.15, -0.1) is 0 Å². The van der Waals surface area contributed by atoms with Crippen molar-refractivity contribution >= 4 is 22.0 Å². The number of rotatable bonds is 5. The lowest BCUT2D eigenvalue weighted by Gasteiger charge is -2.34. The zero-order valence-corrected chi connectivity index (χ0v) is 19.1. The third-order valence-corrected chi connectivity index (χ3v) is 7.89. The van der Waals surface area contributed by atoms with Gasteiger partial charge in [0.2, 0.25) is 15.9 Å². The van der Waals surface area contributed by atoms with Crippen LogP contribution in [0.3, 0.4) is 0 Å². The maximum absolute atomic E-state index is 12.9. The van der Waals surface area contributed by atoms with Crippen molar-refractivity contribution in [2.24, 2.45) is 5.92 Å². The Morgan fingerprint density at radius 1 is 1.09 bits per heavy atom. The number of ether oxygens (including phenoxy) is 1. The maximum Gasteiger partial charge on any atom is 0.416 e. The molecule has 1 aromatic carbocycles. The molecule has 1 N–H and O–H groups in total. The number of hydrogen-bond donors (Lipinski definition) is 1. The fraction of sp³-hybridized carbons (Fsp3) is 0.619. The van der Waals surface area contributed by atoms with Gasteiger partial charge in [0, 0.05) is 38.1 Å². The molecule has 12 heteroatoms.